The van der Waals surface area contributed by atoms with Gasteiger partial charge in [-0.15, -0.1) is 0 Å². The third-order valence-corrected chi connectivity index (χ3v) is 7.96. The number of hydrogen-bond donors (Lipinski definition) is 0. The van der Waals surface area contributed by atoms with Crippen LogP contribution in [0.4, 0.5) is 5.69 Å². The van der Waals surface area contributed by atoms with Crippen LogP contribution in [0.5, 0.6) is 0 Å². The van der Waals surface area contributed by atoms with Crippen LogP contribution >= 0.6 is 0 Å². The number of nitrogens with zero attached hydrogens (tertiary/aromatic N) is 2. The summed E-state index contributed by atoms with van der Waals surface area (Å²) in [5, 5.41) is 0. The number of aryl methyl sites for hydroxylation is 2. The van der Waals surface area contributed by atoms with Crippen LogP contribution in [0.3, 0.4) is 0 Å². The number of benzene rings is 2. The normalized spacial score (nSPS) is 31.5. The van der Waals surface area contributed by atoms with Crippen LogP contribution in [0.1, 0.15) is 27.9 Å². The highest BCUT2D eigenvalue weighted by Gasteiger charge is 2.67. The van der Waals surface area contributed by atoms with E-state index in [-0.39, 0.29) is 48.1 Å². The number of amides is 3. The highest BCUT2D eigenvalue weighted by atomic mass is 16.2. The van der Waals surface area contributed by atoms with Gasteiger partial charge in [-0.25, -0.2) is 0 Å². The van der Waals surface area contributed by atoms with E-state index in [1.807, 2.05) is 50.2 Å². The predicted molar refractivity (Wildman–Crippen MR) is 121 cm³/mol. The zero-order valence-corrected chi connectivity index (χ0v) is 18.3. The van der Waals surface area contributed by atoms with Gasteiger partial charge in [0.1, 0.15) is 6.67 Å². The molecule has 5 nitrogen and oxygen atoms in total. The Bertz CT molecular complexity index is 1130. The number of anilines is 1. The largest absolute Gasteiger partial charge is 0.289 e. The maximum absolute atomic E-state index is 13.6. The minimum atomic E-state index is -0.256. The summed E-state index contributed by atoms with van der Waals surface area (Å²) in [4.78, 5) is 43.6. The van der Waals surface area contributed by atoms with E-state index in [0.717, 1.165) is 23.2 Å². The summed E-state index contributed by atoms with van der Waals surface area (Å²) >= 11 is 0. The van der Waals surface area contributed by atoms with Crippen molar-refractivity contribution in [1.82, 2.24) is 4.90 Å². The number of rotatable bonds is 4. The molecule has 4 aliphatic carbocycles. The van der Waals surface area contributed by atoms with Gasteiger partial charge in [-0.05, 0) is 73.3 Å². The lowest BCUT2D eigenvalue weighted by Crippen LogP contribution is -2.45. The molecule has 0 spiro atoms. The summed E-state index contributed by atoms with van der Waals surface area (Å²) in [6, 6.07) is 15.0. The summed E-state index contributed by atoms with van der Waals surface area (Å²) in [6.07, 6.45) is 5.48. The Morgan fingerprint density at radius 1 is 0.938 bits per heavy atom. The maximum atomic E-state index is 13.6. The zero-order valence-electron chi connectivity index (χ0n) is 18.3. The van der Waals surface area contributed by atoms with Crippen molar-refractivity contribution in [3.05, 3.63) is 77.4 Å². The molecule has 0 radical (unpaired) electrons. The molecular weight excluding hydrogens is 400 g/mol. The van der Waals surface area contributed by atoms with Gasteiger partial charge in [0.05, 0.1) is 11.8 Å². The van der Waals surface area contributed by atoms with E-state index in [0.29, 0.717) is 17.4 Å². The van der Waals surface area contributed by atoms with Crippen molar-refractivity contribution in [2.45, 2.75) is 20.3 Å². The summed E-state index contributed by atoms with van der Waals surface area (Å²) < 4.78 is 0. The van der Waals surface area contributed by atoms with Crippen molar-refractivity contribution in [3.8, 4) is 0 Å². The molecule has 7 rings (SSSR count). The Balaban J connectivity index is 1.37. The molecule has 2 aromatic rings. The van der Waals surface area contributed by atoms with E-state index >= 15 is 0 Å². The lowest BCUT2D eigenvalue weighted by Gasteiger charge is -2.37. The van der Waals surface area contributed by atoms with Gasteiger partial charge in [0, 0.05) is 11.3 Å². The van der Waals surface area contributed by atoms with Crippen LogP contribution < -0.4 is 4.90 Å². The summed E-state index contributed by atoms with van der Waals surface area (Å²) in [5.41, 5.74) is 3.22. The second-order valence-corrected chi connectivity index (χ2v) is 9.79. The van der Waals surface area contributed by atoms with Crippen molar-refractivity contribution in [1.29, 1.82) is 0 Å². The molecule has 2 saturated carbocycles. The second kappa shape index (κ2) is 6.89. The standard InChI is InChI=1S/C27H26N2O3/c1-15-8-9-16(2)22(12-15)28(25(30)17-6-4-3-5-7-17)14-29-26(31)23-18-10-11-19(21-13-20(18)21)24(23)27(29)32/h3-12,18-21,23-24H,13-14H2,1-2H3/t18-,19-,20-,21-,23+,24+/m1/s1. The first kappa shape index (κ1) is 19.5. The monoisotopic (exact) mass is 426 g/mol. The van der Waals surface area contributed by atoms with Crippen LogP contribution in [0.2, 0.25) is 0 Å². The third kappa shape index (κ3) is 2.73. The minimum absolute atomic E-state index is 0.0442. The van der Waals surface area contributed by atoms with Gasteiger partial charge in [-0.1, -0.05) is 42.5 Å². The highest BCUT2D eigenvalue weighted by molar-refractivity contribution is 6.10. The molecule has 6 atom stereocenters. The van der Waals surface area contributed by atoms with Crippen molar-refractivity contribution in [3.63, 3.8) is 0 Å². The van der Waals surface area contributed by atoms with Crippen LogP contribution in [0, 0.1) is 49.4 Å². The summed E-state index contributed by atoms with van der Waals surface area (Å²) in [5.74, 6) is 0.529. The lowest BCUT2D eigenvalue weighted by molar-refractivity contribution is -0.140. The van der Waals surface area contributed by atoms with Crippen LogP contribution in [0.25, 0.3) is 0 Å². The van der Waals surface area contributed by atoms with Crippen molar-refractivity contribution >= 4 is 23.4 Å². The molecule has 1 aliphatic heterocycles. The molecule has 2 aromatic carbocycles. The second-order valence-electron chi connectivity index (χ2n) is 9.79. The fourth-order valence-corrected chi connectivity index (χ4v) is 6.30. The van der Waals surface area contributed by atoms with Gasteiger partial charge in [0.25, 0.3) is 5.91 Å². The number of carbonyl (C=O) groups is 3. The molecule has 3 amide bonds. The number of carbonyl (C=O) groups excluding carboxylic acids is 3. The van der Waals surface area contributed by atoms with E-state index < -0.39 is 0 Å². The SMILES string of the molecule is Cc1ccc(C)c(N(CN2C(=O)[C@H]3[C@@H]4C=C[C@H]([C@H]5C[C@H]45)[C@@H]3C2=O)C(=O)c2ccccc2)c1. The number of hydrogen-bond acceptors (Lipinski definition) is 3. The first-order chi connectivity index (χ1) is 15.5. The lowest BCUT2D eigenvalue weighted by atomic mass is 9.63. The average Bonchev–Trinajstić information content (AvgIpc) is 3.59. The van der Waals surface area contributed by atoms with Gasteiger partial charge >= 0.3 is 0 Å². The summed E-state index contributed by atoms with van der Waals surface area (Å²) in [6.45, 7) is 3.88. The van der Waals surface area contributed by atoms with Gasteiger partial charge in [0.15, 0.2) is 0 Å². The molecule has 0 unspecified atom stereocenters. The first-order valence-electron chi connectivity index (χ1n) is 11.4. The number of imide groups is 1. The van der Waals surface area contributed by atoms with Gasteiger partial charge in [-0.3, -0.25) is 24.2 Å². The van der Waals surface area contributed by atoms with Gasteiger partial charge in [-0.2, -0.15) is 0 Å². The molecule has 3 fully saturated rings. The molecule has 1 heterocycles. The smallest absolute Gasteiger partial charge is 0.259 e. The van der Waals surface area contributed by atoms with E-state index in [9.17, 15) is 14.4 Å². The van der Waals surface area contributed by atoms with Gasteiger partial charge in [0.2, 0.25) is 11.8 Å². The van der Waals surface area contributed by atoms with Crippen molar-refractivity contribution in [2.75, 3.05) is 11.6 Å². The molecule has 162 valence electrons. The highest BCUT2D eigenvalue weighted by Crippen LogP contribution is 2.65. The summed E-state index contributed by atoms with van der Waals surface area (Å²) in [7, 11) is 0. The predicted octanol–water partition coefficient (Wildman–Crippen LogP) is 3.96. The van der Waals surface area contributed by atoms with E-state index in [4.69, 9.17) is 0 Å². The van der Waals surface area contributed by atoms with Gasteiger partial charge < -0.3 is 0 Å². The molecule has 1 saturated heterocycles. The average molecular weight is 427 g/mol. The van der Waals surface area contributed by atoms with Crippen LogP contribution in [-0.4, -0.2) is 29.3 Å². The van der Waals surface area contributed by atoms with E-state index in [2.05, 4.69) is 12.2 Å². The molecule has 2 bridgehead atoms. The molecule has 0 aromatic heterocycles. The Kier molecular flexibility index (Phi) is 4.19. The van der Waals surface area contributed by atoms with Crippen molar-refractivity contribution in [2.24, 2.45) is 35.5 Å². The molecular formula is C27H26N2O3. The Morgan fingerprint density at radius 3 is 2.19 bits per heavy atom. The first-order valence-corrected chi connectivity index (χ1v) is 11.4. The maximum Gasteiger partial charge on any atom is 0.259 e. The van der Waals surface area contributed by atoms with E-state index in [1.54, 1.807) is 17.0 Å². The third-order valence-electron chi connectivity index (χ3n) is 7.96. The zero-order chi connectivity index (χ0) is 22.1. The Morgan fingerprint density at radius 2 is 1.56 bits per heavy atom. The number of allylic oxidation sites excluding steroid dienone is 2. The minimum Gasteiger partial charge on any atom is -0.289 e. The Hall–Kier alpha value is -3.21. The molecule has 5 heteroatoms. The molecule has 0 N–H and O–H groups in total. The van der Waals surface area contributed by atoms with Crippen molar-refractivity contribution < 1.29 is 14.4 Å². The quantitative estimate of drug-likeness (QED) is 0.549. The number of likely N-dealkylation sites (tertiary alicyclic amines) is 1. The van der Waals surface area contributed by atoms with E-state index in [1.165, 1.54) is 4.90 Å². The topological polar surface area (TPSA) is 57.7 Å². The fourth-order valence-electron chi connectivity index (χ4n) is 6.30. The Labute approximate surface area is 187 Å². The van der Waals surface area contributed by atoms with Crippen LogP contribution in [0.15, 0.2) is 60.7 Å². The van der Waals surface area contributed by atoms with Crippen LogP contribution in [-0.2, 0) is 9.59 Å². The molecule has 32 heavy (non-hydrogen) atoms. The fraction of sp³-hybridized carbons (Fsp3) is 0.370. The molecule has 5 aliphatic rings.